The number of nitrogens with zero attached hydrogens (tertiary/aromatic N) is 1. The Bertz CT molecular complexity index is 412. The van der Waals surface area contributed by atoms with Crippen molar-refractivity contribution in [1.82, 2.24) is 4.90 Å². The Morgan fingerprint density at radius 1 is 1.50 bits per heavy atom. The maximum Gasteiger partial charge on any atom is 0.118 e. The van der Waals surface area contributed by atoms with E-state index in [9.17, 15) is 0 Å². The van der Waals surface area contributed by atoms with E-state index in [-0.39, 0.29) is 0 Å². The van der Waals surface area contributed by atoms with Gasteiger partial charge in [-0.15, -0.1) is 0 Å². The highest BCUT2D eigenvalue weighted by Gasteiger charge is 2.36. The molecule has 0 aromatic carbocycles. The molecule has 3 nitrogen and oxygen atoms in total. The second kappa shape index (κ2) is 4.71. The van der Waals surface area contributed by atoms with Crippen LogP contribution in [0.4, 0.5) is 0 Å². The molecule has 100 valence electrons. The van der Waals surface area contributed by atoms with E-state index in [2.05, 4.69) is 30.9 Å². The van der Waals surface area contributed by atoms with Gasteiger partial charge in [-0.2, -0.15) is 0 Å². The van der Waals surface area contributed by atoms with Crippen molar-refractivity contribution in [2.75, 3.05) is 13.1 Å². The SMILES string of the molecule is CC(N)C1CCN(Cc2ccc(C3CC3C)o2)C1. The third kappa shape index (κ3) is 2.47. The molecular formula is C15H24N2O. The average molecular weight is 248 g/mol. The quantitative estimate of drug-likeness (QED) is 0.890. The molecule has 1 aromatic rings. The Balaban J connectivity index is 1.55. The summed E-state index contributed by atoms with van der Waals surface area (Å²) >= 11 is 0. The van der Waals surface area contributed by atoms with Gasteiger partial charge in [0.05, 0.1) is 6.54 Å². The monoisotopic (exact) mass is 248 g/mol. The van der Waals surface area contributed by atoms with E-state index in [1.807, 2.05) is 0 Å². The summed E-state index contributed by atoms with van der Waals surface area (Å²) in [4.78, 5) is 2.47. The van der Waals surface area contributed by atoms with Crippen LogP contribution in [0.25, 0.3) is 0 Å². The number of rotatable bonds is 4. The third-order valence-corrected chi connectivity index (χ3v) is 4.59. The van der Waals surface area contributed by atoms with Crippen molar-refractivity contribution in [3.8, 4) is 0 Å². The number of nitrogens with two attached hydrogens (primary N) is 1. The predicted molar refractivity (Wildman–Crippen MR) is 72.3 cm³/mol. The predicted octanol–water partition coefficient (Wildman–Crippen LogP) is 2.57. The van der Waals surface area contributed by atoms with Gasteiger partial charge in [0.2, 0.25) is 0 Å². The Morgan fingerprint density at radius 3 is 2.89 bits per heavy atom. The number of likely N-dealkylation sites (tertiary alicyclic amines) is 1. The fourth-order valence-electron chi connectivity index (χ4n) is 3.05. The molecule has 2 heterocycles. The van der Waals surface area contributed by atoms with E-state index >= 15 is 0 Å². The highest BCUT2D eigenvalue weighted by atomic mass is 16.3. The summed E-state index contributed by atoms with van der Waals surface area (Å²) in [6.07, 6.45) is 2.52. The van der Waals surface area contributed by atoms with Gasteiger partial charge in [-0.3, -0.25) is 4.90 Å². The maximum atomic E-state index is 5.97. The molecule has 18 heavy (non-hydrogen) atoms. The normalized spacial score (nSPS) is 33.8. The van der Waals surface area contributed by atoms with Crippen LogP contribution >= 0.6 is 0 Å². The molecule has 4 atom stereocenters. The van der Waals surface area contributed by atoms with E-state index in [4.69, 9.17) is 10.2 Å². The van der Waals surface area contributed by atoms with Gasteiger partial charge in [-0.1, -0.05) is 6.92 Å². The van der Waals surface area contributed by atoms with Gasteiger partial charge in [-0.05, 0) is 50.3 Å². The molecule has 0 amide bonds. The van der Waals surface area contributed by atoms with Gasteiger partial charge in [-0.25, -0.2) is 0 Å². The maximum absolute atomic E-state index is 5.97. The summed E-state index contributed by atoms with van der Waals surface area (Å²) in [5.74, 6) is 4.48. The summed E-state index contributed by atoms with van der Waals surface area (Å²) in [5.41, 5.74) is 5.97. The molecule has 1 aliphatic heterocycles. The van der Waals surface area contributed by atoms with E-state index in [0.29, 0.717) is 17.9 Å². The molecule has 1 aromatic heterocycles. The first-order chi connectivity index (χ1) is 8.63. The summed E-state index contributed by atoms with van der Waals surface area (Å²) < 4.78 is 5.96. The van der Waals surface area contributed by atoms with Crippen molar-refractivity contribution in [3.63, 3.8) is 0 Å². The lowest BCUT2D eigenvalue weighted by Gasteiger charge is -2.16. The zero-order valence-corrected chi connectivity index (χ0v) is 11.4. The van der Waals surface area contributed by atoms with Crippen LogP contribution in [0.1, 0.15) is 44.1 Å². The largest absolute Gasteiger partial charge is 0.464 e. The first-order valence-electron chi connectivity index (χ1n) is 7.20. The van der Waals surface area contributed by atoms with Gasteiger partial charge in [0.1, 0.15) is 11.5 Å². The van der Waals surface area contributed by atoms with Crippen LogP contribution in [-0.2, 0) is 6.54 Å². The first-order valence-corrected chi connectivity index (χ1v) is 7.20. The van der Waals surface area contributed by atoms with E-state index in [0.717, 1.165) is 31.3 Å². The van der Waals surface area contributed by atoms with Gasteiger partial charge in [0, 0.05) is 18.5 Å². The van der Waals surface area contributed by atoms with Crippen LogP contribution in [-0.4, -0.2) is 24.0 Å². The Hall–Kier alpha value is -0.800. The highest BCUT2D eigenvalue weighted by molar-refractivity contribution is 5.17. The Morgan fingerprint density at radius 2 is 2.28 bits per heavy atom. The minimum atomic E-state index is 0.314. The molecule has 3 rings (SSSR count). The topological polar surface area (TPSA) is 42.4 Å². The van der Waals surface area contributed by atoms with Crippen molar-refractivity contribution in [2.45, 2.75) is 45.2 Å². The molecule has 0 radical (unpaired) electrons. The molecule has 1 saturated carbocycles. The van der Waals surface area contributed by atoms with Crippen LogP contribution < -0.4 is 5.73 Å². The molecule has 1 saturated heterocycles. The zero-order valence-electron chi connectivity index (χ0n) is 11.4. The molecule has 3 heteroatoms. The van der Waals surface area contributed by atoms with Gasteiger partial charge >= 0.3 is 0 Å². The fourth-order valence-corrected chi connectivity index (χ4v) is 3.05. The minimum absolute atomic E-state index is 0.314. The van der Waals surface area contributed by atoms with Crippen molar-refractivity contribution in [2.24, 2.45) is 17.6 Å². The molecule has 2 fully saturated rings. The molecule has 0 spiro atoms. The van der Waals surface area contributed by atoms with E-state index in [1.54, 1.807) is 0 Å². The zero-order chi connectivity index (χ0) is 12.7. The Labute approximate surface area is 109 Å². The van der Waals surface area contributed by atoms with Crippen molar-refractivity contribution in [1.29, 1.82) is 0 Å². The minimum Gasteiger partial charge on any atom is -0.464 e. The number of furan rings is 1. The fraction of sp³-hybridized carbons (Fsp3) is 0.733. The third-order valence-electron chi connectivity index (χ3n) is 4.59. The van der Waals surface area contributed by atoms with E-state index in [1.165, 1.54) is 18.6 Å². The van der Waals surface area contributed by atoms with Gasteiger partial charge in [0.25, 0.3) is 0 Å². The van der Waals surface area contributed by atoms with Gasteiger partial charge < -0.3 is 10.2 Å². The lowest BCUT2D eigenvalue weighted by Crippen LogP contribution is -2.29. The highest BCUT2D eigenvalue weighted by Crippen LogP contribution is 2.47. The second-order valence-electron chi connectivity index (χ2n) is 6.27. The lowest BCUT2D eigenvalue weighted by atomic mass is 10.0. The molecular weight excluding hydrogens is 224 g/mol. The lowest BCUT2D eigenvalue weighted by molar-refractivity contribution is 0.277. The summed E-state index contributed by atoms with van der Waals surface area (Å²) in [6.45, 7) is 7.63. The average Bonchev–Trinajstić information content (AvgIpc) is 2.80. The smallest absolute Gasteiger partial charge is 0.118 e. The summed E-state index contributed by atoms with van der Waals surface area (Å²) in [5, 5.41) is 0. The molecule has 2 N–H and O–H groups in total. The summed E-state index contributed by atoms with van der Waals surface area (Å²) in [6, 6.07) is 4.64. The van der Waals surface area contributed by atoms with Crippen molar-refractivity contribution in [3.05, 3.63) is 23.7 Å². The van der Waals surface area contributed by atoms with Crippen LogP contribution in [0.15, 0.2) is 16.5 Å². The summed E-state index contributed by atoms with van der Waals surface area (Å²) in [7, 11) is 0. The van der Waals surface area contributed by atoms with E-state index < -0.39 is 0 Å². The van der Waals surface area contributed by atoms with Gasteiger partial charge in [0.15, 0.2) is 0 Å². The number of hydrogen-bond acceptors (Lipinski definition) is 3. The Kier molecular flexibility index (Phi) is 3.20. The molecule has 2 aliphatic rings. The van der Waals surface area contributed by atoms with Crippen LogP contribution in [0, 0.1) is 11.8 Å². The van der Waals surface area contributed by atoms with Crippen molar-refractivity contribution >= 4 is 0 Å². The van der Waals surface area contributed by atoms with Crippen LogP contribution in [0.2, 0.25) is 0 Å². The molecule has 0 bridgehead atoms. The number of hydrogen-bond donors (Lipinski definition) is 1. The standard InChI is InChI=1S/C15H24N2O/c1-10-7-14(10)15-4-3-13(18-15)9-17-6-5-12(8-17)11(2)16/h3-4,10-12,14H,5-9,16H2,1-2H3. The molecule has 1 aliphatic carbocycles. The second-order valence-corrected chi connectivity index (χ2v) is 6.27. The molecule has 4 unspecified atom stereocenters. The first kappa shape index (κ1) is 12.2. The van der Waals surface area contributed by atoms with Crippen LogP contribution in [0.5, 0.6) is 0 Å². The van der Waals surface area contributed by atoms with Crippen molar-refractivity contribution < 1.29 is 4.42 Å². The van der Waals surface area contributed by atoms with Crippen LogP contribution in [0.3, 0.4) is 0 Å².